The third kappa shape index (κ3) is 4.84. The molecule has 1 aromatic rings. The van der Waals surface area contributed by atoms with Crippen molar-refractivity contribution in [2.24, 2.45) is 11.7 Å². The number of carbonyl (C=O) groups excluding carboxylic acids is 1. The SMILES string of the molecule is Cc1ccc(CNC(=O)C2CCCC(N)C2)cc1.Cl. The molecule has 19 heavy (non-hydrogen) atoms. The lowest BCUT2D eigenvalue weighted by molar-refractivity contribution is -0.126. The molecule has 3 N–H and O–H groups in total. The fraction of sp³-hybridized carbons (Fsp3) is 0.533. The molecule has 1 aliphatic rings. The molecule has 2 atom stereocenters. The highest BCUT2D eigenvalue weighted by molar-refractivity contribution is 5.85. The van der Waals surface area contributed by atoms with Crippen LogP contribution in [-0.4, -0.2) is 11.9 Å². The van der Waals surface area contributed by atoms with Crippen molar-refractivity contribution in [1.82, 2.24) is 5.32 Å². The van der Waals surface area contributed by atoms with Crippen LogP contribution < -0.4 is 11.1 Å². The number of carbonyl (C=O) groups is 1. The van der Waals surface area contributed by atoms with Crippen LogP contribution in [0.2, 0.25) is 0 Å². The molecule has 1 aromatic carbocycles. The van der Waals surface area contributed by atoms with Crippen molar-refractivity contribution >= 4 is 18.3 Å². The molecule has 106 valence electrons. The van der Waals surface area contributed by atoms with E-state index < -0.39 is 0 Å². The van der Waals surface area contributed by atoms with Gasteiger partial charge in [0.25, 0.3) is 0 Å². The molecule has 1 fully saturated rings. The van der Waals surface area contributed by atoms with Crippen LogP contribution >= 0.6 is 12.4 Å². The van der Waals surface area contributed by atoms with Gasteiger partial charge in [0.05, 0.1) is 0 Å². The van der Waals surface area contributed by atoms with Gasteiger partial charge in [0.1, 0.15) is 0 Å². The Morgan fingerprint density at radius 3 is 2.63 bits per heavy atom. The summed E-state index contributed by atoms with van der Waals surface area (Å²) < 4.78 is 0. The molecule has 0 aliphatic heterocycles. The topological polar surface area (TPSA) is 55.1 Å². The van der Waals surface area contributed by atoms with Crippen molar-refractivity contribution < 1.29 is 4.79 Å². The number of nitrogens with one attached hydrogen (secondary N) is 1. The summed E-state index contributed by atoms with van der Waals surface area (Å²) in [6.45, 7) is 2.68. The first-order valence-corrected chi connectivity index (χ1v) is 6.74. The zero-order valence-corrected chi connectivity index (χ0v) is 12.2. The number of hydrogen-bond donors (Lipinski definition) is 2. The molecule has 0 saturated heterocycles. The van der Waals surface area contributed by atoms with Gasteiger partial charge >= 0.3 is 0 Å². The van der Waals surface area contributed by atoms with Crippen LogP contribution in [-0.2, 0) is 11.3 Å². The fourth-order valence-electron chi connectivity index (χ4n) is 2.51. The molecular weight excluding hydrogens is 260 g/mol. The Bertz CT molecular complexity index is 405. The molecule has 0 bridgehead atoms. The Morgan fingerprint density at radius 1 is 1.32 bits per heavy atom. The number of amides is 1. The average molecular weight is 283 g/mol. The molecular formula is C15H23ClN2O. The van der Waals surface area contributed by atoms with Crippen LogP contribution in [0, 0.1) is 12.8 Å². The summed E-state index contributed by atoms with van der Waals surface area (Å²) in [6.07, 6.45) is 3.94. The van der Waals surface area contributed by atoms with Gasteiger partial charge in [0.2, 0.25) is 5.91 Å². The third-order valence-electron chi connectivity index (χ3n) is 3.67. The largest absolute Gasteiger partial charge is 0.352 e. The van der Waals surface area contributed by atoms with E-state index >= 15 is 0 Å². The normalized spacial score (nSPS) is 22.4. The summed E-state index contributed by atoms with van der Waals surface area (Å²) in [5.41, 5.74) is 8.29. The van der Waals surface area contributed by atoms with Crippen molar-refractivity contribution in [2.45, 2.75) is 45.2 Å². The van der Waals surface area contributed by atoms with E-state index in [-0.39, 0.29) is 30.3 Å². The maximum atomic E-state index is 12.0. The van der Waals surface area contributed by atoms with Crippen molar-refractivity contribution in [3.8, 4) is 0 Å². The smallest absolute Gasteiger partial charge is 0.223 e. The minimum absolute atomic E-state index is 0. The van der Waals surface area contributed by atoms with Crippen molar-refractivity contribution in [2.75, 3.05) is 0 Å². The average Bonchev–Trinajstić information content (AvgIpc) is 2.38. The first kappa shape index (κ1) is 16.0. The van der Waals surface area contributed by atoms with E-state index in [2.05, 4.69) is 36.5 Å². The second kappa shape index (κ2) is 7.51. The molecule has 1 saturated carbocycles. The maximum absolute atomic E-state index is 12.0. The molecule has 0 aromatic heterocycles. The zero-order valence-electron chi connectivity index (χ0n) is 11.4. The van der Waals surface area contributed by atoms with Crippen LogP contribution in [0.15, 0.2) is 24.3 Å². The van der Waals surface area contributed by atoms with E-state index in [9.17, 15) is 4.79 Å². The van der Waals surface area contributed by atoms with Crippen LogP contribution in [0.4, 0.5) is 0 Å². The van der Waals surface area contributed by atoms with E-state index in [1.54, 1.807) is 0 Å². The molecule has 0 heterocycles. The Hall–Kier alpha value is -1.06. The van der Waals surface area contributed by atoms with Gasteiger partial charge in [-0.25, -0.2) is 0 Å². The Morgan fingerprint density at radius 2 is 2.00 bits per heavy atom. The molecule has 1 aliphatic carbocycles. The van der Waals surface area contributed by atoms with E-state index in [4.69, 9.17) is 5.73 Å². The van der Waals surface area contributed by atoms with Gasteiger partial charge in [0.15, 0.2) is 0 Å². The fourth-order valence-corrected chi connectivity index (χ4v) is 2.51. The first-order valence-electron chi connectivity index (χ1n) is 6.74. The van der Waals surface area contributed by atoms with Crippen LogP contribution in [0.25, 0.3) is 0 Å². The molecule has 2 rings (SSSR count). The number of nitrogens with two attached hydrogens (primary N) is 1. The molecule has 3 nitrogen and oxygen atoms in total. The number of hydrogen-bond acceptors (Lipinski definition) is 2. The number of benzene rings is 1. The molecule has 0 radical (unpaired) electrons. The molecule has 1 amide bonds. The maximum Gasteiger partial charge on any atom is 0.223 e. The predicted octanol–water partition coefficient (Wildman–Crippen LogP) is 2.55. The summed E-state index contributed by atoms with van der Waals surface area (Å²) in [4.78, 5) is 12.0. The third-order valence-corrected chi connectivity index (χ3v) is 3.67. The first-order chi connectivity index (χ1) is 8.65. The van der Waals surface area contributed by atoms with Gasteiger partial charge in [0, 0.05) is 18.5 Å². The van der Waals surface area contributed by atoms with Crippen molar-refractivity contribution in [1.29, 1.82) is 0 Å². The van der Waals surface area contributed by atoms with Gasteiger partial charge in [-0.15, -0.1) is 12.4 Å². The van der Waals surface area contributed by atoms with E-state index in [0.717, 1.165) is 31.2 Å². The number of rotatable bonds is 3. The summed E-state index contributed by atoms with van der Waals surface area (Å²) in [5.74, 6) is 0.268. The van der Waals surface area contributed by atoms with E-state index in [0.29, 0.717) is 6.54 Å². The summed E-state index contributed by atoms with van der Waals surface area (Å²) in [5, 5.41) is 3.01. The number of halogens is 1. The van der Waals surface area contributed by atoms with Gasteiger partial charge < -0.3 is 11.1 Å². The highest BCUT2D eigenvalue weighted by Gasteiger charge is 2.24. The predicted molar refractivity (Wildman–Crippen MR) is 80.2 cm³/mol. The lowest BCUT2D eigenvalue weighted by Crippen LogP contribution is -2.37. The number of aryl methyl sites for hydroxylation is 1. The Balaban J connectivity index is 0.00000180. The quantitative estimate of drug-likeness (QED) is 0.895. The van der Waals surface area contributed by atoms with Gasteiger partial charge in [-0.1, -0.05) is 36.2 Å². The van der Waals surface area contributed by atoms with E-state index in [1.165, 1.54) is 5.56 Å². The standard InChI is InChI=1S/C15H22N2O.ClH/c1-11-5-7-12(8-6-11)10-17-15(18)13-3-2-4-14(16)9-13;/h5-8,13-14H,2-4,9-10,16H2,1H3,(H,17,18);1H. The van der Waals surface area contributed by atoms with Gasteiger partial charge in [-0.05, 0) is 31.7 Å². The Kier molecular flexibility index (Phi) is 6.32. The Labute approximate surface area is 121 Å². The lowest BCUT2D eigenvalue weighted by atomic mass is 9.85. The molecule has 4 heteroatoms. The molecule has 0 spiro atoms. The highest BCUT2D eigenvalue weighted by atomic mass is 35.5. The van der Waals surface area contributed by atoms with E-state index in [1.807, 2.05) is 0 Å². The second-order valence-electron chi connectivity index (χ2n) is 5.33. The van der Waals surface area contributed by atoms with Gasteiger partial charge in [-0.2, -0.15) is 0 Å². The van der Waals surface area contributed by atoms with Crippen molar-refractivity contribution in [3.63, 3.8) is 0 Å². The minimum atomic E-state index is 0. The van der Waals surface area contributed by atoms with Crippen LogP contribution in [0.1, 0.15) is 36.8 Å². The molecule has 2 unspecified atom stereocenters. The monoisotopic (exact) mass is 282 g/mol. The zero-order chi connectivity index (χ0) is 13.0. The van der Waals surface area contributed by atoms with Gasteiger partial charge in [-0.3, -0.25) is 4.79 Å². The lowest BCUT2D eigenvalue weighted by Gasteiger charge is -2.25. The minimum Gasteiger partial charge on any atom is -0.352 e. The summed E-state index contributed by atoms with van der Waals surface area (Å²) >= 11 is 0. The van der Waals surface area contributed by atoms with Crippen molar-refractivity contribution in [3.05, 3.63) is 35.4 Å². The summed E-state index contributed by atoms with van der Waals surface area (Å²) in [6, 6.07) is 8.45. The summed E-state index contributed by atoms with van der Waals surface area (Å²) in [7, 11) is 0. The van der Waals surface area contributed by atoms with Crippen LogP contribution in [0.3, 0.4) is 0 Å². The second-order valence-corrected chi connectivity index (χ2v) is 5.33. The van der Waals surface area contributed by atoms with Crippen LogP contribution in [0.5, 0.6) is 0 Å². The highest BCUT2D eigenvalue weighted by Crippen LogP contribution is 2.23.